The summed E-state index contributed by atoms with van der Waals surface area (Å²) in [6.45, 7) is 3.35. The van der Waals surface area contributed by atoms with Gasteiger partial charge in [0.1, 0.15) is 5.82 Å². The summed E-state index contributed by atoms with van der Waals surface area (Å²) in [6.07, 6.45) is -2.64. The summed E-state index contributed by atoms with van der Waals surface area (Å²) in [4.78, 5) is 21.1. The molecule has 30 heavy (non-hydrogen) atoms. The van der Waals surface area contributed by atoms with Crippen LogP contribution in [0.1, 0.15) is 25.8 Å². The molecule has 0 saturated heterocycles. The molecule has 0 amide bonds. The molecule has 2 aliphatic rings. The number of hydrogen-bond acceptors (Lipinski definition) is 7. The molecule has 2 aromatic rings. The van der Waals surface area contributed by atoms with E-state index in [-0.39, 0.29) is 34.9 Å². The molecular formula is C19H14ClF3N2O5. The maximum atomic E-state index is 14.6. The van der Waals surface area contributed by atoms with Crippen molar-refractivity contribution in [3.05, 3.63) is 40.8 Å². The molecular weight excluding hydrogens is 429 g/mol. The van der Waals surface area contributed by atoms with Gasteiger partial charge in [0, 0.05) is 29.3 Å². The Bertz CT molecular complexity index is 1080. The van der Waals surface area contributed by atoms with Crippen LogP contribution in [-0.2, 0) is 14.4 Å². The average molecular weight is 443 g/mol. The van der Waals surface area contributed by atoms with Crippen LogP contribution in [0.5, 0.6) is 11.6 Å². The monoisotopic (exact) mass is 442 g/mol. The molecule has 2 aliphatic heterocycles. The van der Waals surface area contributed by atoms with Gasteiger partial charge in [-0.1, -0.05) is 16.8 Å². The zero-order chi connectivity index (χ0) is 21.7. The number of alkyl halides is 2. The summed E-state index contributed by atoms with van der Waals surface area (Å²) in [7, 11) is 0. The van der Waals surface area contributed by atoms with Gasteiger partial charge < -0.3 is 19.0 Å². The van der Waals surface area contributed by atoms with Gasteiger partial charge in [0.15, 0.2) is 5.75 Å². The number of esters is 1. The third-order valence-corrected chi connectivity index (χ3v) is 4.82. The minimum Gasteiger partial charge on any atom is -0.463 e. The Kier molecular flexibility index (Phi) is 4.76. The molecule has 1 aromatic heterocycles. The van der Waals surface area contributed by atoms with Gasteiger partial charge in [-0.05, 0) is 32.0 Å². The van der Waals surface area contributed by atoms with Gasteiger partial charge in [0.25, 0.3) is 5.88 Å². The van der Waals surface area contributed by atoms with Gasteiger partial charge in [-0.3, -0.25) is 0 Å². The van der Waals surface area contributed by atoms with E-state index in [9.17, 15) is 18.0 Å². The van der Waals surface area contributed by atoms with Crippen LogP contribution >= 0.6 is 11.6 Å². The lowest BCUT2D eigenvalue weighted by atomic mass is 9.94. The molecule has 0 saturated carbocycles. The SMILES string of the molecule is CCOC(=O)C1(C)CC(c2cc(-c3cnc4c(c3)OC(F)(F)O4)c(F)cc2Cl)=NO1. The molecule has 1 unspecified atom stereocenters. The van der Waals surface area contributed by atoms with Crippen LogP contribution < -0.4 is 9.47 Å². The van der Waals surface area contributed by atoms with E-state index < -0.39 is 29.6 Å². The van der Waals surface area contributed by atoms with E-state index in [0.717, 1.165) is 12.3 Å². The van der Waals surface area contributed by atoms with Crippen molar-refractivity contribution in [2.24, 2.45) is 5.16 Å². The van der Waals surface area contributed by atoms with E-state index in [1.54, 1.807) is 6.92 Å². The minimum atomic E-state index is -3.84. The number of hydrogen-bond donors (Lipinski definition) is 0. The maximum Gasteiger partial charge on any atom is 0.587 e. The van der Waals surface area contributed by atoms with E-state index in [1.165, 1.54) is 19.1 Å². The molecule has 1 atom stereocenters. The van der Waals surface area contributed by atoms with Gasteiger partial charge in [-0.2, -0.15) is 0 Å². The molecule has 0 spiro atoms. The predicted molar refractivity (Wildman–Crippen MR) is 98.1 cm³/mol. The highest BCUT2D eigenvalue weighted by Gasteiger charge is 2.45. The number of ether oxygens (including phenoxy) is 3. The normalized spacial score (nSPS) is 21.2. The second-order valence-corrected chi connectivity index (χ2v) is 7.17. The van der Waals surface area contributed by atoms with Crippen LogP contribution in [0.3, 0.4) is 0 Å². The summed E-state index contributed by atoms with van der Waals surface area (Å²) < 4.78 is 54.7. The number of nitrogens with zero attached hydrogens (tertiary/aromatic N) is 2. The lowest BCUT2D eigenvalue weighted by Crippen LogP contribution is -2.37. The third kappa shape index (κ3) is 3.51. The molecule has 0 radical (unpaired) electrons. The fourth-order valence-electron chi connectivity index (χ4n) is 3.06. The van der Waals surface area contributed by atoms with Crippen LogP contribution in [0, 0.1) is 5.82 Å². The lowest BCUT2D eigenvalue weighted by molar-refractivity contribution is -0.287. The number of benzene rings is 1. The molecule has 7 nitrogen and oxygen atoms in total. The van der Waals surface area contributed by atoms with Crippen molar-refractivity contribution in [2.45, 2.75) is 32.2 Å². The third-order valence-electron chi connectivity index (χ3n) is 4.51. The van der Waals surface area contributed by atoms with Crippen LogP contribution in [-0.4, -0.2) is 35.2 Å². The summed E-state index contributed by atoms with van der Waals surface area (Å²) >= 11 is 6.18. The Hall–Kier alpha value is -3.01. The number of carbonyl (C=O) groups is 1. The summed E-state index contributed by atoms with van der Waals surface area (Å²) in [6, 6.07) is 3.59. The van der Waals surface area contributed by atoms with E-state index in [2.05, 4.69) is 19.6 Å². The fraction of sp³-hybridized carbons (Fsp3) is 0.316. The first-order chi connectivity index (χ1) is 14.1. The van der Waals surface area contributed by atoms with Gasteiger partial charge in [-0.25, -0.2) is 14.2 Å². The Morgan fingerprint density at radius 2 is 2.03 bits per heavy atom. The van der Waals surface area contributed by atoms with Gasteiger partial charge in [0.05, 0.1) is 17.3 Å². The maximum absolute atomic E-state index is 14.6. The first-order valence-electron chi connectivity index (χ1n) is 8.80. The molecule has 4 rings (SSSR count). The molecule has 3 heterocycles. The number of pyridine rings is 1. The number of fused-ring (bicyclic) bond motifs is 1. The highest BCUT2D eigenvalue weighted by atomic mass is 35.5. The number of aromatic nitrogens is 1. The van der Waals surface area contributed by atoms with Crippen molar-refractivity contribution in [3.8, 4) is 22.8 Å². The van der Waals surface area contributed by atoms with E-state index >= 15 is 0 Å². The molecule has 0 bridgehead atoms. The van der Waals surface area contributed by atoms with Crippen molar-refractivity contribution in [1.82, 2.24) is 4.98 Å². The first kappa shape index (κ1) is 20.3. The zero-order valence-corrected chi connectivity index (χ0v) is 16.4. The molecule has 0 fully saturated rings. The Balaban J connectivity index is 1.68. The summed E-state index contributed by atoms with van der Waals surface area (Å²) in [5.41, 5.74) is -0.565. The predicted octanol–water partition coefficient (Wildman–Crippen LogP) is 4.31. The number of rotatable bonds is 4. The standard InChI is InChI=1S/C19H14ClF3N2O5/c1-3-27-17(26)18(2)7-14(25-30-18)11-5-10(13(21)6-12(11)20)9-4-15-16(24-8-9)29-19(22,23)28-15/h4-6,8H,3,7H2,1-2H3. The van der Waals surface area contributed by atoms with Crippen molar-refractivity contribution in [3.63, 3.8) is 0 Å². The van der Waals surface area contributed by atoms with Crippen LogP contribution in [0.15, 0.2) is 29.6 Å². The van der Waals surface area contributed by atoms with Gasteiger partial charge in [-0.15, -0.1) is 8.78 Å². The second kappa shape index (κ2) is 7.05. The fourth-order valence-corrected chi connectivity index (χ4v) is 3.32. The van der Waals surface area contributed by atoms with Gasteiger partial charge >= 0.3 is 12.3 Å². The summed E-state index contributed by atoms with van der Waals surface area (Å²) in [5.74, 6) is -2.05. The van der Waals surface area contributed by atoms with Crippen molar-refractivity contribution in [2.75, 3.05) is 6.61 Å². The molecule has 11 heteroatoms. The van der Waals surface area contributed by atoms with Crippen molar-refractivity contribution < 1.29 is 37.0 Å². The lowest BCUT2D eigenvalue weighted by Gasteiger charge is -2.18. The highest BCUT2D eigenvalue weighted by molar-refractivity contribution is 6.34. The topological polar surface area (TPSA) is 79.2 Å². The highest BCUT2D eigenvalue weighted by Crippen LogP contribution is 2.42. The van der Waals surface area contributed by atoms with E-state index in [4.69, 9.17) is 21.2 Å². The van der Waals surface area contributed by atoms with Crippen molar-refractivity contribution in [1.29, 1.82) is 0 Å². The van der Waals surface area contributed by atoms with Crippen LogP contribution in [0.25, 0.3) is 11.1 Å². The second-order valence-electron chi connectivity index (χ2n) is 6.76. The quantitative estimate of drug-likeness (QED) is 0.656. The smallest absolute Gasteiger partial charge is 0.463 e. The Morgan fingerprint density at radius 3 is 2.77 bits per heavy atom. The minimum absolute atomic E-state index is 0.0101. The zero-order valence-electron chi connectivity index (χ0n) is 15.7. The first-order valence-corrected chi connectivity index (χ1v) is 9.17. The molecule has 1 aromatic carbocycles. The van der Waals surface area contributed by atoms with Crippen LogP contribution in [0.4, 0.5) is 13.2 Å². The molecule has 158 valence electrons. The number of oxime groups is 1. The van der Waals surface area contributed by atoms with Crippen molar-refractivity contribution >= 4 is 23.3 Å². The number of carbonyl (C=O) groups excluding carboxylic acids is 1. The number of halogens is 4. The van der Waals surface area contributed by atoms with E-state index in [0.29, 0.717) is 11.3 Å². The van der Waals surface area contributed by atoms with Crippen LogP contribution in [0.2, 0.25) is 5.02 Å². The van der Waals surface area contributed by atoms with E-state index in [1.807, 2.05) is 0 Å². The Labute approximate surface area is 173 Å². The average Bonchev–Trinajstić information content (AvgIpc) is 3.20. The molecule has 0 N–H and O–H groups in total. The largest absolute Gasteiger partial charge is 0.587 e. The molecule has 0 aliphatic carbocycles. The van der Waals surface area contributed by atoms with Gasteiger partial charge in [0.2, 0.25) is 5.60 Å². The summed E-state index contributed by atoms with van der Waals surface area (Å²) in [5, 5.41) is 3.95. The Morgan fingerprint density at radius 1 is 1.27 bits per heavy atom.